The topological polar surface area (TPSA) is 82.6 Å². The molecule has 0 heterocycles. The van der Waals surface area contributed by atoms with Crippen molar-refractivity contribution in [2.24, 2.45) is 4.99 Å². The summed E-state index contributed by atoms with van der Waals surface area (Å²) >= 11 is 0. The van der Waals surface area contributed by atoms with Gasteiger partial charge < -0.3 is 10.6 Å². The number of benzene rings is 2. The van der Waals surface area contributed by atoms with E-state index in [1.165, 1.54) is 11.1 Å². The van der Waals surface area contributed by atoms with Crippen molar-refractivity contribution < 1.29 is 8.42 Å². The van der Waals surface area contributed by atoms with Crippen LogP contribution in [0.1, 0.15) is 36.1 Å². The minimum atomic E-state index is -3.31. The monoisotopic (exact) mass is 530 g/mol. The maximum absolute atomic E-state index is 12.0. The predicted molar refractivity (Wildman–Crippen MR) is 131 cm³/mol. The summed E-state index contributed by atoms with van der Waals surface area (Å²) in [6.45, 7) is 7.01. The lowest BCUT2D eigenvalue weighted by atomic mass is 10.1. The quantitative estimate of drug-likeness (QED) is 0.278. The van der Waals surface area contributed by atoms with Crippen LogP contribution < -0.4 is 15.4 Å². The first-order valence-electron chi connectivity index (χ1n) is 9.36. The minimum absolute atomic E-state index is 0. The lowest BCUT2D eigenvalue weighted by Crippen LogP contribution is -2.36. The van der Waals surface area contributed by atoms with E-state index >= 15 is 0 Å². The van der Waals surface area contributed by atoms with Crippen molar-refractivity contribution in [3.8, 4) is 0 Å². The second-order valence-corrected chi connectivity index (χ2v) is 8.81. The molecule has 6 nitrogen and oxygen atoms in total. The molecule has 3 N–H and O–H groups in total. The molecule has 29 heavy (non-hydrogen) atoms. The van der Waals surface area contributed by atoms with Gasteiger partial charge in [-0.05, 0) is 43.0 Å². The van der Waals surface area contributed by atoms with E-state index in [9.17, 15) is 8.42 Å². The lowest BCUT2D eigenvalue weighted by molar-refractivity contribution is 0.569. The van der Waals surface area contributed by atoms with Crippen LogP contribution >= 0.6 is 24.0 Å². The molecule has 0 radical (unpaired) electrons. The van der Waals surface area contributed by atoms with Crippen molar-refractivity contribution in [1.29, 1.82) is 0 Å². The fourth-order valence-corrected chi connectivity index (χ4v) is 4.20. The van der Waals surface area contributed by atoms with E-state index in [2.05, 4.69) is 39.4 Å². The van der Waals surface area contributed by atoms with Crippen LogP contribution in [-0.4, -0.2) is 27.5 Å². The minimum Gasteiger partial charge on any atom is -0.352 e. The normalized spacial score (nSPS) is 11.8. The maximum atomic E-state index is 12.0. The molecule has 0 unspecified atom stereocenters. The van der Waals surface area contributed by atoms with Crippen molar-refractivity contribution in [3.05, 3.63) is 70.8 Å². The largest absolute Gasteiger partial charge is 0.352 e. The Hall–Kier alpha value is -1.65. The van der Waals surface area contributed by atoms with E-state index in [4.69, 9.17) is 0 Å². The van der Waals surface area contributed by atoms with Crippen molar-refractivity contribution >= 4 is 40.0 Å². The molecule has 0 fully saturated rings. The van der Waals surface area contributed by atoms with Gasteiger partial charge in [-0.15, -0.1) is 24.0 Å². The average molecular weight is 530 g/mol. The lowest BCUT2D eigenvalue weighted by Gasteiger charge is -2.13. The molecule has 0 bridgehead atoms. The summed E-state index contributed by atoms with van der Waals surface area (Å²) in [5, 5.41) is 6.59. The molecule has 0 amide bonds. The number of rotatable bonds is 8. The highest BCUT2D eigenvalue weighted by Crippen LogP contribution is 2.09. The van der Waals surface area contributed by atoms with Crippen LogP contribution in [0.4, 0.5) is 0 Å². The number of nitrogens with zero attached hydrogens (tertiary/aromatic N) is 1. The van der Waals surface area contributed by atoms with Gasteiger partial charge in [0.15, 0.2) is 5.96 Å². The van der Waals surface area contributed by atoms with Crippen molar-refractivity contribution in [2.45, 2.75) is 45.7 Å². The predicted octanol–water partition coefficient (Wildman–Crippen LogP) is 3.31. The Morgan fingerprint density at radius 3 is 2.14 bits per heavy atom. The zero-order valence-corrected chi connectivity index (χ0v) is 20.5. The molecule has 0 aliphatic carbocycles. The van der Waals surface area contributed by atoms with Crippen LogP contribution in [0.15, 0.2) is 53.5 Å². The number of aryl methyl sites for hydroxylation is 1. The van der Waals surface area contributed by atoms with Crippen LogP contribution in [0, 0.1) is 6.92 Å². The maximum Gasteiger partial charge on any atom is 0.216 e. The van der Waals surface area contributed by atoms with E-state index < -0.39 is 10.0 Å². The van der Waals surface area contributed by atoms with E-state index in [0.717, 1.165) is 17.1 Å². The SMILES string of the molecule is CN=C(NCc1ccc(CS(=O)(=O)NC(C)C)cc1)NCc1ccccc1C.I. The van der Waals surface area contributed by atoms with Gasteiger partial charge in [-0.25, -0.2) is 13.1 Å². The molecule has 0 aromatic heterocycles. The molecule has 0 aliphatic rings. The number of aliphatic imine (C=N–C) groups is 1. The van der Waals surface area contributed by atoms with Crippen LogP contribution in [0.2, 0.25) is 0 Å². The second-order valence-electron chi connectivity index (χ2n) is 7.05. The fourth-order valence-electron chi connectivity index (χ4n) is 2.77. The molecule has 2 rings (SSSR count). The van der Waals surface area contributed by atoms with Crippen LogP contribution in [0.5, 0.6) is 0 Å². The summed E-state index contributed by atoms with van der Waals surface area (Å²) in [7, 11) is -1.57. The highest BCUT2D eigenvalue weighted by atomic mass is 127. The summed E-state index contributed by atoms with van der Waals surface area (Å²) in [4.78, 5) is 4.25. The van der Waals surface area contributed by atoms with Crippen LogP contribution in [0.3, 0.4) is 0 Å². The molecule has 2 aromatic rings. The molecule has 2 aromatic carbocycles. The number of halogens is 1. The third kappa shape index (κ3) is 9.14. The van der Waals surface area contributed by atoms with Gasteiger partial charge >= 0.3 is 0 Å². The first kappa shape index (κ1) is 25.4. The van der Waals surface area contributed by atoms with Crippen LogP contribution in [0.25, 0.3) is 0 Å². The Kier molecular flexibility index (Phi) is 10.6. The number of nitrogens with one attached hydrogen (secondary N) is 3. The van der Waals surface area contributed by atoms with Gasteiger partial charge in [0.2, 0.25) is 10.0 Å². The Morgan fingerprint density at radius 1 is 0.966 bits per heavy atom. The summed E-state index contributed by atoms with van der Waals surface area (Å²) in [6, 6.07) is 15.7. The van der Waals surface area contributed by atoms with Crippen molar-refractivity contribution in [2.75, 3.05) is 7.05 Å². The smallest absolute Gasteiger partial charge is 0.216 e. The first-order chi connectivity index (χ1) is 13.3. The molecular formula is C21H31IN4O2S. The Balaban J connectivity index is 0.00000420. The summed E-state index contributed by atoms with van der Waals surface area (Å²) < 4.78 is 26.6. The van der Waals surface area contributed by atoms with Gasteiger partial charge in [-0.3, -0.25) is 4.99 Å². The number of guanidine groups is 1. The van der Waals surface area contributed by atoms with E-state index in [1.54, 1.807) is 7.05 Å². The van der Waals surface area contributed by atoms with Crippen LogP contribution in [-0.2, 0) is 28.9 Å². The highest BCUT2D eigenvalue weighted by Gasteiger charge is 2.12. The van der Waals surface area contributed by atoms with Gasteiger partial charge in [0.25, 0.3) is 0 Å². The standard InChI is InChI=1S/C21H30N4O2S.HI/c1-16(2)25-28(26,27)15-19-11-9-18(10-12-19)13-23-21(22-4)24-14-20-8-6-5-7-17(20)3;/h5-12,16,25H,13-15H2,1-4H3,(H2,22,23,24);1H. The molecule has 0 saturated heterocycles. The van der Waals surface area contributed by atoms with Gasteiger partial charge in [0.05, 0.1) is 5.75 Å². The van der Waals surface area contributed by atoms with Gasteiger partial charge in [-0.1, -0.05) is 48.5 Å². The fraction of sp³-hybridized carbons (Fsp3) is 0.381. The van der Waals surface area contributed by atoms with Crippen molar-refractivity contribution in [1.82, 2.24) is 15.4 Å². The van der Waals surface area contributed by atoms with Gasteiger partial charge in [0.1, 0.15) is 0 Å². The second kappa shape index (κ2) is 12.1. The summed E-state index contributed by atoms with van der Waals surface area (Å²) in [6.07, 6.45) is 0. The van der Waals surface area contributed by atoms with Gasteiger partial charge in [0, 0.05) is 26.2 Å². The molecule has 160 valence electrons. The molecule has 0 atom stereocenters. The average Bonchev–Trinajstić information content (AvgIpc) is 2.63. The third-order valence-corrected chi connectivity index (χ3v) is 5.73. The molecule has 0 saturated carbocycles. The summed E-state index contributed by atoms with van der Waals surface area (Å²) in [5.74, 6) is 0.703. The number of sulfonamides is 1. The highest BCUT2D eigenvalue weighted by molar-refractivity contribution is 14.0. The van der Waals surface area contributed by atoms with E-state index in [1.807, 2.05) is 50.2 Å². The van der Waals surface area contributed by atoms with E-state index in [-0.39, 0.29) is 35.8 Å². The van der Waals surface area contributed by atoms with Gasteiger partial charge in [-0.2, -0.15) is 0 Å². The Labute approximate surface area is 191 Å². The molecular weight excluding hydrogens is 499 g/mol. The third-order valence-electron chi connectivity index (χ3n) is 4.19. The number of hydrogen-bond acceptors (Lipinski definition) is 3. The number of hydrogen-bond donors (Lipinski definition) is 3. The zero-order chi connectivity index (χ0) is 20.6. The van der Waals surface area contributed by atoms with Crippen molar-refractivity contribution in [3.63, 3.8) is 0 Å². The Morgan fingerprint density at radius 2 is 1.55 bits per heavy atom. The summed E-state index contributed by atoms with van der Waals surface area (Å²) in [5.41, 5.74) is 4.28. The Bertz CT molecular complexity index is 897. The van der Waals surface area contributed by atoms with E-state index in [0.29, 0.717) is 13.1 Å². The first-order valence-corrected chi connectivity index (χ1v) is 11.0. The molecule has 8 heteroatoms. The zero-order valence-electron chi connectivity index (χ0n) is 17.4. The molecule has 0 spiro atoms. The molecule has 0 aliphatic heterocycles.